The Labute approximate surface area is 138 Å². The van der Waals surface area contributed by atoms with Gasteiger partial charge in [0, 0.05) is 16.4 Å². The summed E-state index contributed by atoms with van der Waals surface area (Å²) in [6, 6.07) is 17.6. The van der Waals surface area contributed by atoms with E-state index in [9.17, 15) is 10.1 Å². The summed E-state index contributed by atoms with van der Waals surface area (Å²) in [5, 5.41) is 15.5. The van der Waals surface area contributed by atoms with Crippen LogP contribution in [0.1, 0.15) is 0 Å². The van der Waals surface area contributed by atoms with Crippen molar-refractivity contribution in [3.63, 3.8) is 0 Å². The molecule has 2 aromatic rings. The normalized spacial score (nSPS) is 11.1. The van der Waals surface area contributed by atoms with Crippen LogP contribution >= 0.6 is 24.2 Å². The Morgan fingerprint density at radius 2 is 1.59 bits per heavy atom. The van der Waals surface area contributed by atoms with E-state index in [0.29, 0.717) is 10.7 Å². The molecule has 110 valence electrons. The fourth-order valence-electron chi connectivity index (χ4n) is 1.66. The average Bonchev–Trinajstić information content (AvgIpc) is 2.51. The minimum Gasteiger partial charge on any atom is -0.349 e. The van der Waals surface area contributed by atoms with Crippen molar-refractivity contribution < 1.29 is 4.79 Å². The fraction of sp³-hybridized carbons (Fsp3) is 0. The predicted octanol–water partition coefficient (Wildman–Crippen LogP) is 4.06. The van der Waals surface area contributed by atoms with Crippen LogP contribution in [-0.2, 0) is 4.79 Å². The van der Waals surface area contributed by atoms with Crippen LogP contribution in [0.3, 0.4) is 0 Å². The van der Waals surface area contributed by atoms with Gasteiger partial charge in [0.15, 0.2) is 0 Å². The van der Waals surface area contributed by atoms with Crippen molar-refractivity contribution in [2.75, 3.05) is 10.6 Å². The van der Waals surface area contributed by atoms with E-state index in [1.807, 2.05) is 36.4 Å². The van der Waals surface area contributed by atoms with Gasteiger partial charge in [-0.05, 0) is 36.4 Å². The highest BCUT2D eigenvalue weighted by molar-refractivity contribution is 7.84. The van der Waals surface area contributed by atoms with Crippen LogP contribution in [-0.4, -0.2) is 5.91 Å². The first-order valence-electron chi connectivity index (χ1n) is 6.32. The predicted molar refractivity (Wildman–Crippen MR) is 91.8 cm³/mol. The molecule has 0 saturated heterocycles. The van der Waals surface area contributed by atoms with Crippen LogP contribution in [0.5, 0.6) is 0 Å². The third-order valence-corrected chi connectivity index (χ3v) is 3.30. The fourth-order valence-corrected chi connectivity index (χ4v) is 2.07. The van der Waals surface area contributed by atoms with Crippen LogP contribution < -0.4 is 10.6 Å². The molecule has 0 saturated carbocycles. The lowest BCUT2D eigenvalue weighted by atomic mass is 10.2. The molecule has 6 heteroatoms. The van der Waals surface area contributed by atoms with E-state index < -0.39 is 5.91 Å². The van der Waals surface area contributed by atoms with Gasteiger partial charge in [-0.2, -0.15) is 5.26 Å². The zero-order valence-electron chi connectivity index (χ0n) is 11.4. The van der Waals surface area contributed by atoms with Crippen LogP contribution in [0.2, 0.25) is 5.02 Å². The Morgan fingerprint density at radius 1 is 1.00 bits per heavy atom. The van der Waals surface area contributed by atoms with Crippen molar-refractivity contribution in [1.82, 2.24) is 0 Å². The first kappa shape index (κ1) is 16.0. The minimum atomic E-state index is -0.543. The number of rotatable bonds is 4. The van der Waals surface area contributed by atoms with E-state index in [1.165, 1.54) is 0 Å². The number of para-hydroxylation sites is 1. The lowest BCUT2D eigenvalue weighted by molar-refractivity contribution is -0.112. The third-order valence-electron chi connectivity index (χ3n) is 2.71. The second-order valence-corrected chi connectivity index (χ2v) is 5.17. The first-order valence-corrected chi connectivity index (χ1v) is 7.15. The number of halogens is 1. The summed E-state index contributed by atoms with van der Waals surface area (Å²) in [7, 11) is 0. The van der Waals surface area contributed by atoms with Crippen molar-refractivity contribution in [2.45, 2.75) is 0 Å². The van der Waals surface area contributed by atoms with Crippen LogP contribution in [0, 0.1) is 11.3 Å². The maximum atomic E-state index is 12.1. The molecule has 0 aliphatic rings. The Hall–Kier alpha value is -2.42. The Balaban J connectivity index is 2.15. The minimum absolute atomic E-state index is 0.109. The van der Waals surface area contributed by atoms with Gasteiger partial charge < -0.3 is 10.6 Å². The number of carbonyl (C=O) groups excluding carboxylic acids is 1. The Kier molecular flexibility index (Phi) is 5.48. The molecule has 0 heterocycles. The highest BCUT2D eigenvalue weighted by atomic mass is 35.5. The molecule has 0 aliphatic heterocycles. The van der Waals surface area contributed by atoms with Crippen molar-refractivity contribution >= 4 is 41.5 Å². The molecule has 22 heavy (non-hydrogen) atoms. The number of benzene rings is 2. The Bertz CT molecular complexity index is 736. The second kappa shape index (κ2) is 7.55. The molecule has 4 nitrogen and oxygen atoms in total. The van der Waals surface area contributed by atoms with E-state index in [4.69, 9.17) is 11.6 Å². The summed E-state index contributed by atoms with van der Waals surface area (Å²) in [6.07, 6.45) is 0. The standard InChI is InChI=1S/C16H12ClN3OS/c17-11-6-8-13(9-7-11)19-15(21)14(10-18)16(22)20-12-4-2-1-3-5-12/h1-9,20,22H,(H,19,21)/b16-14-. The summed E-state index contributed by atoms with van der Waals surface area (Å²) in [5.41, 5.74) is 1.17. The number of carbonyl (C=O) groups is 1. The number of nitrogens with zero attached hydrogens (tertiary/aromatic N) is 1. The van der Waals surface area contributed by atoms with Gasteiger partial charge in [0.2, 0.25) is 0 Å². The van der Waals surface area contributed by atoms with E-state index in [0.717, 1.165) is 5.69 Å². The number of nitriles is 1. The van der Waals surface area contributed by atoms with Crippen molar-refractivity contribution in [1.29, 1.82) is 5.26 Å². The zero-order chi connectivity index (χ0) is 15.9. The maximum Gasteiger partial charge on any atom is 0.269 e. The summed E-state index contributed by atoms with van der Waals surface area (Å²) >= 11 is 9.98. The van der Waals surface area contributed by atoms with Gasteiger partial charge in [-0.15, -0.1) is 12.6 Å². The second-order valence-electron chi connectivity index (χ2n) is 4.29. The average molecular weight is 330 g/mol. The molecular weight excluding hydrogens is 318 g/mol. The van der Waals surface area contributed by atoms with Gasteiger partial charge in [-0.25, -0.2) is 0 Å². The highest BCUT2D eigenvalue weighted by Crippen LogP contribution is 2.18. The number of hydrogen-bond donors (Lipinski definition) is 3. The number of anilines is 2. The van der Waals surface area contributed by atoms with E-state index in [-0.39, 0.29) is 10.6 Å². The molecule has 0 bridgehead atoms. The van der Waals surface area contributed by atoms with Gasteiger partial charge in [0.05, 0.1) is 5.03 Å². The van der Waals surface area contributed by atoms with Gasteiger partial charge in [0.1, 0.15) is 11.6 Å². The molecule has 1 amide bonds. The number of amides is 1. The van der Waals surface area contributed by atoms with Crippen molar-refractivity contribution in [2.24, 2.45) is 0 Å². The van der Waals surface area contributed by atoms with E-state index in [1.54, 1.807) is 24.3 Å². The molecule has 0 spiro atoms. The van der Waals surface area contributed by atoms with Gasteiger partial charge in [-0.3, -0.25) is 4.79 Å². The number of hydrogen-bond acceptors (Lipinski definition) is 4. The molecule has 0 aromatic heterocycles. The number of thiol groups is 1. The molecule has 0 unspecified atom stereocenters. The van der Waals surface area contributed by atoms with Gasteiger partial charge in [0.25, 0.3) is 5.91 Å². The molecule has 2 N–H and O–H groups in total. The molecule has 2 aromatic carbocycles. The zero-order valence-corrected chi connectivity index (χ0v) is 13.0. The first-order chi connectivity index (χ1) is 10.6. The summed E-state index contributed by atoms with van der Waals surface area (Å²) < 4.78 is 0. The van der Waals surface area contributed by atoms with Crippen molar-refractivity contribution in [3.8, 4) is 6.07 Å². The maximum absolute atomic E-state index is 12.1. The molecular formula is C16H12ClN3OS. The molecule has 0 fully saturated rings. The topological polar surface area (TPSA) is 64.9 Å². The number of nitrogens with one attached hydrogen (secondary N) is 2. The smallest absolute Gasteiger partial charge is 0.269 e. The lowest BCUT2D eigenvalue weighted by Gasteiger charge is -2.09. The molecule has 0 atom stereocenters. The van der Waals surface area contributed by atoms with Crippen LogP contribution in [0.4, 0.5) is 11.4 Å². The molecule has 0 radical (unpaired) electrons. The third kappa shape index (κ3) is 4.29. The van der Waals surface area contributed by atoms with Crippen LogP contribution in [0.15, 0.2) is 65.2 Å². The van der Waals surface area contributed by atoms with Crippen molar-refractivity contribution in [3.05, 3.63) is 70.2 Å². The quantitative estimate of drug-likeness (QED) is 0.450. The van der Waals surface area contributed by atoms with Gasteiger partial charge in [-0.1, -0.05) is 29.8 Å². The highest BCUT2D eigenvalue weighted by Gasteiger charge is 2.14. The Morgan fingerprint density at radius 3 is 2.18 bits per heavy atom. The summed E-state index contributed by atoms with van der Waals surface area (Å²) in [5.74, 6) is -0.543. The SMILES string of the molecule is N#C/C(C(=O)Nc1ccc(Cl)cc1)=C(/S)Nc1ccccc1. The van der Waals surface area contributed by atoms with Gasteiger partial charge >= 0.3 is 0 Å². The molecule has 0 aliphatic carbocycles. The molecule has 2 rings (SSSR count). The van der Waals surface area contributed by atoms with Crippen LogP contribution in [0.25, 0.3) is 0 Å². The lowest BCUT2D eigenvalue weighted by Crippen LogP contribution is -2.16. The monoisotopic (exact) mass is 329 g/mol. The van der Waals surface area contributed by atoms with E-state index >= 15 is 0 Å². The van der Waals surface area contributed by atoms with E-state index in [2.05, 4.69) is 23.3 Å². The summed E-state index contributed by atoms with van der Waals surface area (Å²) in [4.78, 5) is 12.1. The largest absolute Gasteiger partial charge is 0.349 e. The summed E-state index contributed by atoms with van der Waals surface area (Å²) in [6.45, 7) is 0.